The molecule has 0 saturated heterocycles. The maximum absolute atomic E-state index is 12.6. The first-order valence-corrected chi connectivity index (χ1v) is 7.97. The summed E-state index contributed by atoms with van der Waals surface area (Å²) in [7, 11) is 1.39. The van der Waals surface area contributed by atoms with Gasteiger partial charge in [0.05, 0.1) is 13.0 Å². The molecule has 1 aromatic carbocycles. The Balaban J connectivity index is 2.71. The molecule has 0 atom stereocenters. The molecule has 0 amide bonds. The lowest BCUT2D eigenvalue weighted by Crippen LogP contribution is -2.38. The van der Waals surface area contributed by atoms with Crippen LogP contribution in [0.2, 0.25) is 0 Å². The van der Waals surface area contributed by atoms with E-state index in [1.807, 2.05) is 6.92 Å². The van der Waals surface area contributed by atoms with Crippen LogP contribution in [0.25, 0.3) is 0 Å². The first-order chi connectivity index (χ1) is 12.2. The van der Waals surface area contributed by atoms with Gasteiger partial charge in [0.2, 0.25) is 0 Å². The largest absolute Gasteiger partial charge is 0.493 e. The summed E-state index contributed by atoms with van der Waals surface area (Å²) in [6.45, 7) is -0.998. The lowest BCUT2D eigenvalue weighted by molar-refractivity contribution is -0.132. The van der Waals surface area contributed by atoms with Crippen LogP contribution in [0.4, 0.5) is 22.0 Å². The van der Waals surface area contributed by atoms with Gasteiger partial charge in [-0.3, -0.25) is 4.99 Å². The first-order valence-electron chi connectivity index (χ1n) is 7.97. The lowest BCUT2D eigenvalue weighted by Gasteiger charge is -2.16. The van der Waals surface area contributed by atoms with E-state index in [1.54, 1.807) is 12.1 Å². The molecule has 2 N–H and O–H groups in total. The number of halogens is 5. The Kier molecular flexibility index (Phi) is 8.94. The minimum Gasteiger partial charge on any atom is -0.493 e. The van der Waals surface area contributed by atoms with Gasteiger partial charge >= 0.3 is 12.8 Å². The van der Waals surface area contributed by atoms with Crippen molar-refractivity contribution in [2.24, 2.45) is 4.99 Å². The molecule has 0 unspecified atom stereocenters. The average molecular weight is 383 g/mol. The van der Waals surface area contributed by atoms with E-state index < -0.39 is 19.2 Å². The third-order valence-electron chi connectivity index (χ3n) is 3.10. The Morgan fingerprint density at radius 1 is 1.23 bits per heavy atom. The van der Waals surface area contributed by atoms with Gasteiger partial charge in [0.25, 0.3) is 0 Å². The number of nitrogens with one attached hydrogen (secondary N) is 2. The smallest absolute Gasteiger partial charge is 0.390 e. The van der Waals surface area contributed by atoms with E-state index >= 15 is 0 Å². The molecular weight excluding hydrogens is 361 g/mol. The van der Waals surface area contributed by atoms with E-state index in [-0.39, 0.29) is 24.8 Å². The minimum absolute atomic E-state index is 0.0296. The van der Waals surface area contributed by atoms with E-state index in [1.165, 1.54) is 13.1 Å². The topological polar surface area (TPSA) is 54.9 Å². The maximum atomic E-state index is 12.6. The number of rotatable bonds is 9. The van der Waals surface area contributed by atoms with Crippen LogP contribution < -0.4 is 20.1 Å². The summed E-state index contributed by atoms with van der Waals surface area (Å²) in [5, 5.41) is 5.26. The number of guanidine groups is 1. The molecule has 0 aliphatic rings. The Morgan fingerprint density at radius 3 is 2.54 bits per heavy atom. The SMILES string of the molecule is CCCOc1ccc(CNC(=NC)NCCC(F)(F)F)c(OC(F)F)c1. The van der Waals surface area contributed by atoms with Gasteiger partial charge in [-0.25, -0.2) is 0 Å². The summed E-state index contributed by atoms with van der Waals surface area (Å²) in [5.74, 6) is 0.425. The monoisotopic (exact) mass is 383 g/mol. The Bertz CT molecular complexity index is 579. The van der Waals surface area contributed by atoms with Gasteiger partial charge < -0.3 is 20.1 Å². The molecule has 1 aromatic rings. The molecule has 0 aromatic heterocycles. The Labute approximate surface area is 148 Å². The van der Waals surface area contributed by atoms with Gasteiger partial charge in [-0.15, -0.1) is 0 Å². The number of benzene rings is 1. The first kappa shape index (κ1) is 21.8. The Morgan fingerprint density at radius 2 is 1.96 bits per heavy atom. The van der Waals surface area contributed by atoms with Crippen molar-refractivity contribution in [1.29, 1.82) is 0 Å². The highest BCUT2D eigenvalue weighted by Crippen LogP contribution is 2.26. The lowest BCUT2D eigenvalue weighted by atomic mass is 10.2. The second kappa shape index (κ2) is 10.7. The molecule has 10 heteroatoms. The standard InChI is InChI=1S/C16H22F5N3O2/c1-3-8-25-12-5-4-11(13(9-12)26-14(17)18)10-24-15(22-2)23-7-6-16(19,20)21/h4-5,9,14H,3,6-8,10H2,1-2H3,(H2,22,23,24). The highest BCUT2D eigenvalue weighted by molar-refractivity contribution is 5.79. The molecule has 1 rings (SSSR count). The van der Waals surface area contributed by atoms with Crippen LogP contribution >= 0.6 is 0 Å². The van der Waals surface area contributed by atoms with Gasteiger partial charge in [0.1, 0.15) is 11.5 Å². The van der Waals surface area contributed by atoms with Gasteiger partial charge in [-0.2, -0.15) is 22.0 Å². The summed E-state index contributed by atoms with van der Waals surface area (Å²) in [4.78, 5) is 3.78. The fraction of sp³-hybridized carbons (Fsp3) is 0.562. The number of hydrogen-bond acceptors (Lipinski definition) is 3. The van der Waals surface area contributed by atoms with Gasteiger partial charge in [0, 0.05) is 31.8 Å². The van der Waals surface area contributed by atoms with Crippen LogP contribution in [0, 0.1) is 0 Å². The van der Waals surface area contributed by atoms with E-state index in [9.17, 15) is 22.0 Å². The van der Waals surface area contributed by atoms with E-state index in [0.717, 1.165) is 6.42 Å². The summed E-state index contributed by atoms with van der Waals surface area (Å²) in [5.41, 5.74) is 0.382. The summed E-state index contributed by atoms with van der Waals surface area (Å²) < 4.78 is 71.6. The zero-order chi connectivity index (χ0) is 19.6. The summed E-state index contributed by atoms with van der Waals surface area (Å²) in [6, 6.07) is 4.49. The highest BCUT2D eigenvalue weighted by Gasteiger charge is 2.26. The summed E-state index contributed by atoms with van der Waals surface area (Å²) >= 11 is 0. The van der Waals surface area contributed by atoms with Crippen molar-refractivity contribution >= 4 is 5.96 Å². The van der Waals surface area contributed by atoms with E-state index in [0.29, 0.717) is 17.9 Å². The molecule has 0 aliphatic heterocycles. The second-order valence-electron chi connectivity index (χ2n) is 5.21. The number of aliphatic imine (C=N–C) groups is 1. The van der Waals surface area contributed by atoms with Crippen LogP contribution in [0.3, 0.4) is 0 Å². The van der Waals surface area contributed by atoms with Crippen molar-refractivity contribution in [2.75, 3.05) is 20.2 Å². The van der Waals surface area contributed by atoms with Crippen molar-refractivity contribution in [2.45, 2.75) is 39.1 Å². The quantitative estimate of drug-likeness (QED) is 0.388. The molecule has 0 bridgehead atoms. The third-order valence-corrected chi connectivity index (χ3v) is 3.10. The van der Waals surface area contributed by atoms with Gasteiger partial charge in [0.15, 0.2) is 5.96 Å². The molecule has 0 saturated carbocycles. The fourth-order valence-corrected chi connectivity index (χ4v) is 1.92. The van der Waals surface area contributed by atoms with Crippen LogP contribution in [0.15, 0.2) is 23.2 Å². The van der Waals surface area contributed by atoms with Crippen molar-refractivity contribution in [3.05, 3.63) is 23.8 Å². The molecule has 5 nitrogen and oxygen atoms in total. The van der Waals surface area contributed by atoms with Crippen LogP contribution in [-0.4, -0.2) is 38.9 Å². The zero-order valence-electron chi connectivity index (χ0n) is 14.5. The Hall–Kier alpha value is -2.26. The van der Waals surface area contributed by atoms with Crippen molar-refractivity contribution in [1.82, 2.24) is 10.6 Å². The van der Waals surface area contributed by atoms with Crippen molar-refractivity contribution in [3.8, 4) is 11.5 Å². The predicted octanol–water partition coefficient (Wildman–Crippen LogP) is 3.69. The molecule has 0 spiro atoms. The average Bonchev–Trinajstić information content (AvgIpc) is 2.55. The van der Waals surface area contributed by atoms with Crippen LogP contribution in [0.5, 0.6) is 11.5 Å². The molecule has 148 valence electrons. The van der Waals surface area contributed by atoms with Crippen LogP contribution in [-0.2, 0) is 6.54 Å². The van der Waals surface area contributed by atoms with Crippen molar-refractivity contribution in [3.63, 3.8) is 0 Å². The number of hydrogen-bond donors (Lipinski definition) is 2. The molecule has 0 aliphatic carbocycles. The number of ether oxygens (including phenoxy) is 2. The predicted molar refractivity (Wildman–Crippen MR) is 87.7 cm³/mol. The molecular formula is C16H22F5N3O2. The fourth-order valence-electron chi connectivity index (χ4n) is 1.92. The van der Waals surface area contributed by atoms with Crippen LogP contribution in [0.1, 0.15) is 25.3 Å². The second-order valence-corrected chi connectivity index (χ2v) is 5.21. The highest BCUT2D eigenvalue weighted by atomic mass is 19.4. The third kappa shape index (κ3) is 8.72. The normalized spacial score (nSPS) is 12.2. The number of alkyl halides is 5. The molecule has 0 heterocycles. The van der Waals surface area contributed by atoms with Gasteiger partial charge in [-0.05, 0) is 18.6 Å². The number of nitrogens with zero attached hydrogens (tertiary/aromatic N) is 1. The van der Waals surface area contributed by atoms with E-state index in [4.69, 9.17) is 4.74 Å². The van der Waals surface area contributed by atoms with E-state index in [2.05, 4.69) is 20.4 Å². The molecule has 0 fully saturated rings. The molecule has 26 heavy (non-hydrogen) atoms. The molecule has 0 radical (unpaired) electrons. The minimum atomic E-state index is -4.28. The van der Waals surface area contributed by atoms with Crippen molar-refractivity contribution < 1.29 is 31.4 Å². The van der Waals surface area contributed by atoms with Gasteiger partial charge in [-0.1, -0.05) is 6.92 Å². The maximum Gasteiger partial charge on any atom is 0.390 e. The zero-order valence-corrected chi connectivity index (χ0v) is 14.5. The summed E-state index contributed by atoms with van der Waals surface area (Å²) in [6.07, 6.45) is -4.54.